The summed E-state index contributed by atoms with van der Waals surface area (Å²) in [6, 6.07) is 4.03. The number of urea groups is 1. The van der Waals surface area contributed by atoms with Crippen molar-refractivity contribution in [3.8, 4) is 12.3 Å². The van der Waals surface area contributed by atoms with Crippen molar-refractivity contribution in [3.05, 3.63) is 29.3 Å². The lowest BCUT2D eigenvalue weighted by atomic mass is 10.1. The molecule has 5 heteroatoms. The van der Waals surface area contributed by atoms with Gasteiger partial charge >= 0.3 is 12.0 Å². The molecule has 0 aliphatic heterocycles. The van der Waals surface area contributed by atoms with Crippen LogP contribution in [0.1, 0.15) is 29.8 Å². The highest BCUT2D eigenvalue weighted by molar-refractivity contribution is 5.94. The summed E-state index contributed by atoms with van der Waals surface area (Å²) in [6.45, 7) is 5.15. The van der Waals surface area contributed by atoms with Gasteiger partial charge in [0.25, 0.3) is 0 Å². The molecule has 0 aromatic heterocycles. The smallest absolute Gasteiger partial charge is 0.335 e. The standard InChI is InChI=1S/C14H16N2O3/c1-5-14(3,4)16-13(19)15-11-8-10(12(17)18)7-6-9(11)2/h1,6-8H,2-4H3,(H,17,18)(H2,15,16,19). The molecule has 0 heterocycles. The van der Waals surface area contributed by atoms with Crippen LogP contribution >= 0.6 is 0 Å². The summed E-state index contributed by atoms with van der Waals surface area (Å²) in [6.07, 6.45) is 5.27. The number of aromatic carboxylic acids is 1. The highest BCUT2D eigenvalue weighted by Gasteiger charge is 2.17. The summed E-state index contributed by atoms with van der Waals surface area (Å²) in [5.41, 5.74) is 0.531. The third-order valence-corrected chi connectivity index (χ3v) is 2.52. The number of rotatable bonds is 3. The van der Waals surface area contributed by atoms with Gasteiger partial charge in [-0.25, -0.2) is 9.59 Å². The maximum atomic E-state index is 11.8. The average Bonchev–Trinajstić information content (AvgIpc) is 2.31. The number of amides is 2. The number of carboxylic acid groups (broad SMARTS) is 1. The molecule has 100 valence electrons. The van der Waals surface area contributed by atoms with Gasteiger partial charge in [-0.2, -0.15) is 0 Å². The molecule has 0 bridgehead atoms. The van der Waals surface area contributed by atoms with E-state index in [-0.39, 0.29) is 5.56 Å². The summed E-state index contributed by atoms with van der Waals surface area (Å²) in [4.78, 5) is 22.6. The summed E-state index contributed by atoms with van der Waals surface area (Å²) >= 11 is 0. The van der Waals surface area contributed by atoms with Crippen molar-refractivity contribution in [1.29, 1.82) is 0 Å². The van der Waals surface area contributed by atoms with Gasteiger partial charge < -0.3 is 15.7 Å². The number of carbonyl (C=O) groups excluding carboxylic acids is 1. The molecule has 0 unspecified atom stereocenters. The summed E-state index contributed by atoms with van der Waals surface area (Å²) in [5, 5.41) is 14.1. The molecule has 0 saturated carbocycles. The quantitative estimate of drug-likeness (QED) is 0.729. The number of hydrogen-bond acceptors (Lipinski definition) is 2. The molecular weight excluding hydrogens is 244 g/mol. The van der Waals surface area contributed by atoms with Crippen LogP contribution in [0.5, 0.6) is 0 Å². The van der Waals surface area contributed by atoms with E-state index in [4.69, 9.17) is 11.5 Å². The van der Waals surface area contributed by atoms with Crippen LogP contribution in [0.3, 0.4) is 0 Å². The fourth-order valence-corrected chi connectivity index (χ4v) is 1.36. The van der Waals surface area contributed by atoms with Crippen LogP contribution in [0, 0.1) is 19.3 Å². The predicted molar refractivity (Wildman–Crippen MR) is 73.2 cm³/mol. The highest BCUT2D eigenvalue weighted by Crippen LogP contribution is 2.17. The van der Waals surface area contributed by atoms with Crippen molar-refractivity contribution >= 4 is 17.7 Å². The lowest BCUT2D eigenvalue weighted by Crippen LogP contribution is -2.44. The van der Waals surface area contributed by atoms with Crippen molar-refractivity contribution in [2.45, 2.75) is 26.3 Å². The van der Waals surface area contributed by atoms with Crippen molar-refractivity contribution in [1.82, 2.24) is 5.32 Å². The number of hydrogen-bond donors (Lipinski definition) is 3. The zero-order chi connectivity index (χ0) is 14.6. The number of anilines is 1. The lowest BCUT2D eigenvalue weighted by Gasteiger charge is -2.20. The molecule has 2 amide bonds. The third kappa shape index (κ3) is 4.03. The molecule has 0 atom stereocenters. The zero-order valence-electron chi connectivity index (χ0n) is 11.1. The first-order valence-electron chi connectivity index (χ1n) is 5.66. The number of carbonyl (C=O) groups is 2. The van der Waals surface area contributed by atoms with E-state index in [1.807, 2.05) is 0 Å². The van der Waals surface area contributed by atoms with Crippen LogP contribution in [-0.4, -0.2) is 22.6 Å². The van der Waals surface area contributed by atoms with Gasteiger partial charge in [0.15, 0.2) is 0 Å². The minimum atomic E-state index is -1.05. The van der Waals surface area contributed by atoms with Crippen LogP contribution in [0.2, 0.25) is 0 Å². The minimum Gasteiger partial charge on any atom is -0.478 e. The molecule has 0 spiro atoms. The molecule has 1 rings (SSSR count). The van der Waals surface area contributed by atoms with Crippen molar-refractivity contribution < 1.29 is 14.7 Å². The fraction of sp³-hybridized carbons (Fsp3) is 0.286. The van der Waals surface area contributed by atoms with Gasteiger partial charge in [-0.05, 0) is 38.5 Å². The topological polar surface area (TPSA) is 78.4 Å². The molecule has 0 aliphatic carbocycles. The number of aryl methyl sites for hydroxylation is 1. The van der Waals surface area contributed by atoms with E-state index in [1.165, 1.54) is 12.1 Å². The van der Waals surface area contributed by atoms with Gasteiger partial charge in [-0.15, -0.1) is 6.42 Å². The van der Waals surface area contributed by atoms with Gasteiger partial charge in [-0.1, -0.05) is 12.0 Å². The second kappa shape index (κ2) is 5.44. The fourth-order valence-electron chi connectivity index (χ4n) is 1.36. The van der Waals surface area contributed by atoms with E-state index in [1.54, 1.807) is 26.8 Å². The van der Waals surface area contributed by atoms with Gasteiger partial charge in [0.1, 0.15) is 0 Å². The molecule has 0 saturated heterocycles. The van der Waals surface area contributed by atoms with Gasteiger partial charge in [0.05, 0.1) is 11.1 Å². The monoisotopic (exact) mass is 260 g/mol. The molecule has 0 fully saturated rings. The zero-order valence-corrected chi connectivity index (χ0v) is 11.1. The van der Waals surface area contributed by atoms with E-state index in [0.29, 0.717) is 5.69 Å². The van der Waals surface area contributed by atoms with Crippen molar-refractivity contribution in [3.63, 3.8) is 0 Å². The van der Waals surface area contributed by atoms with E-state index in [2.05, 4.69) is 16.6 Å². The van der Waals surface area contributed by atoms with E-state index in [0.717, 1.165) is 5.56 Å². The Hall–Kier alpha value is -2.48. The molecular formula is C14H16N2O3. The van der Waals surface area contributed by atoms with Crippen LogP contribution < -0.4 is 10.6 Å². The van der Waals surface area contributed by atoms with Crippen LogP contribution in [0.4, 0.5) is 10.5 Å². The molecule has 1 aromatic rings. The second-order valence-corrected chi connectivity index (χ2v) is 4.68. The third-order valence-electron chi connectivity index (χ3n) is 2.52. The Morgan fingerprint density at radius 2 is 2.00 bits per heavy atom. The Bertz CT molecular complexity index is 556. The van der Waals surface area contributed by atoms with E-state index in [9.17, 15) is 9.59 Å². The average molecular weight is 260 g/mol. The summed E-state index contributed by atoms with van der Waals surface area (Å²) in [7, 11) is 0. The number of terminal acetylenes is 1. The molecule has 19 heavy (non-hydrogen) atoms. The molecule has 3 N–H and O–H groups in total. The largest absolute Gasteiger partial charge is 0.478 e. The Morgan fingerprint density at radius 1 is 1.37 bits per heavy atom. The minimum absolute atomic E-state index is 0.108. The SMILES string of the molecule is C#CC(C)(C)NC(=O)Nc1cc(C(=O)O)ccc1C. The first kappa shape index (κ1) is 14.6. The Kier molecular flexibility index (Phi) is 4.18. The first-order chi connectivity index (χ1) is 8.75. The number of nitrogens with one attached hydrogen (secondary N) is 2. The maximum absolute atomic E-state index is 11.8. The van der Waals surface area contributed by atoms with E-state index < -0.39 is 17.5 Å². The Morgan fingerprint density at radius 3 is 2.53 bits per heavy atom. The van der Waals surface area contributed by atoms with E-state index >= 15 is 0 Å². The van der Waals surface area contributed by atoms with Gasteiger partial charge in [0, 0.05) is 5.69 Å². The summed E-state index contributed by atoms with van der Waals surface area (Å²) in [5.74, 6) is 1.39. The van der Waals surface area contributed by atoms with Gasteiger partial charge in [0.2, 0.25) is 0 Å². The molecule has 0 radical (unpaired) electrons. The van der Waals surface area contributed by atoms with Crippen molar-refractivity contribution in [2.24, 2.45) is 0 Å². The van der Waals surface area contributed by atoms with Crippen LogP contribution in [0.25, 0.3) is 0 Å². The van der Waals surface area contributed by atoms with Crippen molar-refractivity contribution in [2.75, 3.05) is 5.32 Å². The van der Waals surface area contributed by atoms with Crippen LogP contribution in [0.15, 0.2) is 18.2 Å². The molecule has 1 aromatic carbocycles. The molecule has 0 aliphatic rings. The number of benzene rings is 1. The van der Waals surface area contributed by atoms with Crippen LogP contribution in [-0.2, 0) is 0 Å². The van der Waals surface area contributed by atoms with Gasteiger partial charge in [-0.3, -0.25) is 0 Å². The first-order valence-corrected chi connectivity index (χ1v) is 5.66. The second-order valence-electron chi connectivity index (χ2n) is 4.68. The highest BCUT2D eigenvalue weighted by atomic mass is 16.4. The number of carboxylic acids is 1. The maximum Gasteiger partial charge on any atom is 0.335 e. The summed E-state index contributed by atoms with van der Waals surface area (Å²) < 4.78 is 0. The predicted octanol–water partition coefficient (Wildman–Crippen LogP) is 2.23. The Balaban J connectivity index is 2.88. The lowest BCUT2D eigenvalue weighted by molar-refractivity contribution is 0.0697. The Labute approximate surface area is 112 Å². The molecule has 5 nitrogen and oxygen atoms in total. The normalized spacial score (nSPS) is 10.4.